The lowest BCUT2D eigenvalue weighted by Gasteiger charge is -2.42. The number of hydrogen-bond donors (Lipinski definition) is 8. The Morgan fingerprint density at radius 1 is 0.970 bits per heavy atom. The van der Waals surface area contributed by atoms with Crippen molar-refractivity contribution < 1.29 is 59.9 Å². The van der Waals surface area contributed by atoms with Gasteiger partial charge in [-0.3, -0.25) is 0 Å². The molecule has 0 unspecified atom stereocenters. The van der Waals surface area contributed by atoms with E-state index in [9.17, 15) is 45.6 Å². The molecule has 1 heterocycles. The minimum Gasteiger partial charge on any atom is -0.504 e. The van der Waals surface area contributed by atoms with E-state index in [4.69, 9.17) is 14.2 Å². The summed E-state index contributed by atoms with van der Waals surface area (Å²) in [5.41, 5.74) is 0.371. The predicted molar refractivity (Wildman–Crippen MR) is 108 cm³/mol. The maximum atomic E-state index is 12.2. The first-order valence-corrected chi connectivity index (χ1v) is 10.0. The lowest BCUT2D eigenvalue weighted by molar-refractivity contribution is -0.315. The van der Waals surface area contributed by atoms with Crippen molar-refractivity contribution >= 4 is 12.0 Å². The highest BCUT2D eigenvalue weighted by Gasteiger charge is 2.47. The SMILES string of the molecule is O=C(/C=C/c1ccc(O)c(O)c1)O[C@@H]1[C@@H](O)[C@@H](O[C@H]2O[C@@H](CO)[C@@H](O)[C@@H](O)[C@H]2O)C=C[C@H]1O. The van der Waals surface area contributed by atoms with Gasteiger partial charge >= 0.3 is 5.97 Å². The molecule has 182 valence electrons. The molecule has 12 heteroatoms. The van der Waals surface area contributed by atoms with Crippen LogP contribution in [0.5, 0.6) is 11.5 Å². The molecule has 1 aliphatic heterocycles. The van der Waals surface area contributed by atoms with E-state index in [0.29, 0.717) is 5.56 Å². The van der Waals surface area contributed by atoms with Crippen molar-refractivity contribution in [3.63, 3.8) is 0 Å². The van der Waals surface area contributed by atoms with Crippen LogP contribution in [0.4, 0.5) is 0 Å². The third-order valence-corrected chi connectivity index (χ3v) is 5.31. The molecule has 0 bridgehead atoms. The quantitative estimate of drug-likeness (QED) is 0.0940. The number of carbonyl (C=O) groups excluding carboxylic acids is 1. The molecule has 1 aromatic rings. The van der Waals surface area contributed by atoms with Crippen LogP contribution in [0.15, 0.2) is 36.4 Å². The van der Waals surface area contributed by atoms with Crippen LogP contribution >= 0.6 is 0 Å². The number of phenols is 2. The van der Waals surface area contributed by atoms with Gasteiger partial charge in [0.05, 0.1) is 6.61 Å². The topological polar surface area (TPSA) is 207 Å². The number of hydrogen-bond acceptors (Lipinski definition) is 12. The molecule has 12 nitrogen and oxygen atoms in total. The molecule has 3 rings (SSSR count). The number of carbonyl (C=O) groups is 1. The molecule has 1 saturated heterocycles. The zero-order valence-corrected chi connectivity index (χ0v) is 17.2. The van der Waals surface area contributed by atoms with E-state index in [-0.39, 0.29) is 11.5 Å². The number of aliphatic hydroxyl groups excluding tert-OH is 6. The van der Waals surface area contributed by atoms with Crippen LogP contribution in [0.2, 0.25) is 0 Å². The van der Waals surface area contributed by atoms with Crippen LogP contribution in [0.25, 0.3) is 6.08 Å². The third-order valence-electron chi connectivity index (χ3n) is 5.31. The molecule has 1 fully saturated rings. The highest BCUT2D eigenvalue weighted by Crippen LogP contribution is 2.28. The van der Waals surface area contributed by atoms with Crippen LogP contribution in [0.1, 0.15) is 5.56 Å². The number of esters is 1. The lowest BCUT2D eigenvalue weighted by atomic mass is 9.95. The van der Waals surface area contributed by atoms with Gasteiger partial charge < -0.3 is 55.1 Å². The Morgan fingerprint density at radius 2 is 1.70 bits per heavy atom. The molecule has 8 N–H and O–H groups in total. The van der Waals surface area contributed by atoms with Gasteiger partial charge in [-0.1, -0.05) is 18.2 Å². The summed E-state index contributed by atoms with van der Waals surface area (Å²) in [4.78, 5) is 12.2. The van der Waals surface area contributed by atoms with Gasteiger partial charge in [-0.15, -0.1) is 0 Å². The van der Waals surface area contributed by atoms with Crippen molar-refractivity contribution in [2.75, 3.05) is 6.61 Å². The van der Waals surface area contributed by atoms with Crippen molar-refractivity contribution in [2.45, 2.75) is 55.1 Å². The van der Waals surface area contributed by atoms with E-state index in [1.807, 2.05) is 0 Å². The van der Waals surface area contributed by atoms with Gasteiger partial charge in [0.1, 0.15) is 42.7 Å². The molecule has 0 aromatic heterocycles. The van der Waals surface area contributed by atoms with E-state index in [1.165, 1.54) is 36.4 Å². The summed E-state index contributed by atoms with van der Waals surface area (Å²) in [5.74, 6) is -1.66. The summed E-state index contributed by atoms with van der Waals surface area (Å²) in [6.07, 6.45) is -8.74. The zero-order chi connectivity index (χ0) is 24.3. The highest BCUT2D eigenvalue weighted by molar-refractivity contribution is 5.87. The number of phenolic OH excluding ortho intramolecular Hbond substituents is 2. The lowest BCUT2D eigenvalue weighted by Crippen LogP contribution is -2.61. The molecule has 1 aromatic carbocycles. The highest BCUT2D eigenvalue weighted by atomic mass is 16.7. The van der Waals surface area contributed by atoms with Crippen molar-refractivity contribution in [1.29, 1.82) is 0 Å². The van der Waals surface area contributed by atoms with Crippen molar-refractivity contribution in [3.8, 4) is 11.5 Å². The van der Waals surface area contributed by atoms with Crippen molar-refractivity contribution in [2.24, 2.45) is 0 Å². The zero-order valence-electron chi connectivity index (χ0n) is 17.2. The van der Waals surface area contributed by atoms with Gasteiger partial charge in [0.25, 0.3) is 0 Å². The van der Waals surface area contributed by atoms with E-state index in [1.54, 1.807) is 0 Å². The van der Waals surface area contributed by atoms with Crippen LogP contribution in [-0.2, 0) is 19.0 Å². The summed E-state index contributed by atoms with van der Waals surface area (Å²) < 4.78 is 15.8. The molecular formula is C21H26O12. The summed E-state index contributed by atoms with van der Waals surface area (Å²) in [6.45, 7) is -0.669. The molecule has 9 atom stereocenters. The smallest absolute Gasteiger partial charge is 0.331 e. The summed E-state index contributed by atoms with van der Waals surface area (Å²) in [6, 6.07) is 3.85. The Hall–Kier alpha value is -2.55. The average Bonchev–Trinajstić information content (AvgIpc) is 2.79. The van der Waals surface area contributed by atoms with Gasteiger partial charge in [-0.2, -0.15) is 0 Å². The number of ether oxygens (including phenoxy) is 3. The van der Waals surface area contributed by atoms with E-state index in [2.05, 4.69) is 0 Å². The number of rotatable bonds is 6. The number of aliphatic hydroxyl groups is 6. The first-order chi connectivity index (χ1) is 15.6. The molecule has 0 saturated carbocycles. The summed E-state index contributed by atoms with van der Waals surface area (Å²) in [5, 5.41) is 78.5. The Bertz CT molecular complexity index is 884. The Morgan fingerprint density at radius 3 is 2.36 bits per heavy atom. The summed E-state index contributed by atoms with van der Waals surface area (Å²) >= 11 is 0. The van der Waals surface area contributed by atoms with Crippen LogP contribution in [0.3, 0.4) is 0 Å². The maximum absolute atomic E-state index is 12.2. The fourth-order valence-electron chi connectivity index (χ4n) is 3.42. The first-order valence-electron chi connectivity index (χ1n) is 10.0. The monoisotopic (exact) mass is 470 g/mol. The van der Waals surface area contributed by atoms with Gasteiger partial charge in [0.15, 0.2) is 23.9 Å². The minimum atomic E-state index is -1.71. The molecule has 1 aliphatic carbocycles. The molecule has 0 radical (unpaired) electrons. The number of benzene rings is 1. The summed E-state index contributed by atoms with van der Waals surface area (Å²) in [7, 11) is 0. The Kier molecular flexibility index (Phi) is 8.05. The fourth-order valence-corrected chi connectivity index (χ4v) is 3.42. The second-order valence-electron chi connectivity index (χ2n) is 7.65. The third kappa shape index (κ3) is 5.69. The predicted octanol–water partition coefficient (Wildman–Crippen LogP) is -2.50. The Labute approximate surface area is 187 Å². The Balaban J connectivity index is 1.64. The second-order valence-corrected chi connectivity index (χ2v) is 7.65. The minimum absolute atomic E-state index is 0.333. The van der Waals surface area contributed by atoms with E-state index >= 15 is 0 Å². The largest absolute Gasteiger partial charge is 0.504 e. The number of aromatic hydroxyl groups is 2. The first kappa shape index (κ1) is 25.1. The molecule has 33 heavy (non-hydrogen) atoms. The molecule has 0 amide bonds. The van der Waals surface area contributed by atoms with Crippen LogP contribution in [0, 0.1) is 0 Å². The van der Waals surface area contributed by atoms with Crippen LogP contribution < -0.4 is 0 Å². The normalized spacial score (nSPS) is 36.7. The molecular weight excluding hydrogens is 444 g/mol. The maximum Gasteiger partial charge on any atom is 0.331 e. The van der Waals surface area contributed by atoms with E-state index < -0.39 is 67.7 Å². The molecule has 0 spiro atoms. The van der Waals surface area contributed by atoms with Gasteiger partial charge in [-0.05, 0) is 23.8 Å². The standard InChI is InChI=1S/C21H26O12/c22-8-14-16(27)18(29)19(30)21(32-14)31-13-5-4-11(24)20(17(13)28)33-15(26)6-2-9-1-3-10(23)12(25)7-9/h1-7,11,13-14,16-25,27-30H,8H2/b6-2+/t11-,13+,14+,16-,17+,18-,19-,20+,21+/m1/s1. The van der Waals surface area contributed by atoms with Crippen LogP contribution in [-0.4, -0.2) is 109 Å². The molecule has 2 aliphatic rings. The second kappa shape index (κ2) is 10.6. The fraction of sp³-hybridized carbons (Fsp3) is 0.476. The van der Waals surface area contributed by atoms with Gasteiger partial charge in [0.2, 0.25) is 0 Å². The van der Waals surface area contributed by atoms with Gasteiger partial charge in [-0.25, -0.2) is 4.79 Å². The van der Waals surface area contributed by atoms with E-state index in [0.717, 1.165) is 6.08 Å². The van der Waals surface area contributed by atoms with Crippen molar-refractivity contribution in [1.82, 2.24) is 0 Å². The van der Waals surface area contributed by atoms with Gasteiger partial charge in [0, 0.05) is 6.08 Å². The van der Waals surface area contributed by atoms with Crippen molar-refractivity contribution in [3.05, 3.63) is 42.0 Å². The average molecular weight is 470 g/mol.